The lowest BCUT2D eigenvalue weighted by molar-refractivity contribution is 0.0681. The first-order chi connectivity index (χ1) is 13.2. The Balaban J connectivity index is 1.64. The van der Waals surface area contributed by atoms with Gasteiger partial charge in [-0.1, -0.05) is 49.2 Å². The monoisotopic (exact) mass is 361 g/mol. The van der Waals surface area contributed by atoms with E-state index >= 15 is 0 Å². The van der Waals surface area contributed by atoms with E-state index < -0.39 is 0 Å². The normalized spacial score (nSPS) is 14.5. The van der Waals surface area contributed by atoms with E-state index in [1.54, 1.807) is 18.3 Å². The molecule has 0 radical (unpaired) electrons. The molecule has 0 N–H and O–H groups in total. The molecule has 0 unspecified atom stereocenters. The molecule has 138 valence electrons. The fourth-order valence-corrected chi connectivity index (χ4v) is 3.89. The summed E-state index contributed by atoms with van der Waals surface area (Å²) in [6, 6.07) is 15.7. The Kier molecular flexibility index (Phi) is 5.01. The zero-order valence-corrected chi connectivity index (χ0v) is 15.3. The van der Waals surface area contributed by atoms with E-state index in [1.165, 1.54) is 16.2 Å². The molecular weight excluding hydrogens is 338 g/mol. The summed E-state index contributed by atoms with van der Waals surface area (Å²) in [5, 5.41) is 0. The number of hydrogen-bond acceptors (Lipinski definition) is 3. The Labute approximate surface area is 158 Å². The van der Waals surface area contributed by atoms with Crippen LogP contribution in [0.25, 0.3) is 5.65 Å². The third-order valence-electron chi connectivity index (χ3n) is 5.35. The lowest BCUT2D eigenvalue weighted by Crippen LogP contribution is -2.42. The van der Waals surface area contributed by atoms with Gasteiger partial charge in [-0.05, 0) is 37.0 Å². The van der Waals surface area contributed by atoms with Crippen LogP contribution in [-0.2, 0) is 6.42 Å². The molecule has 1 aliphatic carbocycles. The van der Waals surface area contributed by atoms with Crippen molar-refractivity contribution in [2.45, 2.75) is 38.1 Å². The molecule has 5 heteroatoms. The minimum absolute atomic E-state index is 0.152. The van der Waals surface area contributed by atoms with Gasteiger partial charge in [0.1, 0.15) is 11.2 Å². The Hall–Kier alpha value is -2.95. The maximum Gasteiger partial charge on any atom is 0.270 e. The van der Waals surface area contributed by atoms with Crippen LogP contribution in [0.3, 0.4) is 0 Å². The summed E-state index contributed by atoms with van der Waals surface area (Å²) in [7, 11) is 0. The molecule has 27 heavy (non-hydrogen) atoms. The van der Waals surface area contributed by atoms with E-state index in [-0.39, 0.29) is 23.1 Å². The van der Waals surface area contributed by atoms with Gasteiger partial charge >= 0.3 is 0 Å². The zero-order valence-electron chi connectivity index (χ0n) is 15.3. The van der Waals surface area contributed by atoms with E-state index in [9.17, 15) is 9.59 Å². The standard InChI is InChI=1S/C22H23N3O2/c26-21(19-16-23-20-12-6-7-14-25(20)22(19)27)24(18-10-4-5-11-18)15-13-17-8-2-1-3-9-17/h1-3,6-9,12,14,16,18H,4-5,10-11,13,15H2. The van der Waals surface area contributed by atoms with Crippen LogP contribution >= 0.6 is 0 Å². The van der Waals surface area contributed by atoms with Crippen LogP contribution in [0.5, 0.6) is 0 Å². The van der Waals surface area contributed by atoms with E-state index in [1.807, 2.05) is 29.2 Å². The molecule has 1 aliphatic rings. The van der Waals surface area contributed by atoms with E-state index in [2.05, 4.69) is 17.1 Å². The van der Waals surface area contributed by atoms with Crippen molar-refractivity contribution in [2.75, 3.05) is 6.54 Å². The maximum atomic E-state index is 13.3. The highest BCUT2D eigenvalue weighted by Crippen LogP contribution is 2.25. The second kappa shape index (κ2) is 7.74. The summed E-state index contributed by atoms with van der Waals surface area (Å²) in [5.74, 6) is -0.200. The third-order valence-corrected chi connectivity index (χ3v) is 5.35. The second-order valence-corrected chi connectivity index (χ2v) is 7.08. The Bertz CT molecular complexity index is 991. The van der Waals surface area contributed by atoms with Gasteiger partial charge in [-0.3, -0.25) is 14.0 Å². The summed E-state index contributed by atoms with van der Waals surface area (Å²) in [4.78, 5) is 32.3. The molecule has 3 aromatic rings. The number of hydrogen-bond donors (Lipinski definition) is 0. The van der Waals surface area contributed by atoms with Gasteiger partial charge in [0, 0.05) is 25.0 Å². The summed E-state index contributed by atoms with van der Waals surface area (Å²) >= 11 is 0. The number of pyridine rings is 1. The molecule has 2 heterocycles. The van der Waals surface area contributed by atoms with Gasteiger partial charge in [-0.15, -0.1) is 0 Å². The molecule has 4 rings (SSSR count). The van der Waals surface area contributed by atoms with E-state index in [4.69, 9.17) is 0 Å². The van der Waals surface area contributed by atoms with Crippen molar-refractivity contribution in [1.82, 2.24) is 14.3 Å². The quantitative estimate of drug-likeness (QED) is 0.700. The fourth-order valence-electron chi connectivity index (χ4n) is 3.89. The molecule has 0 atom stereocenters. The minimum atomic E-state index is -0.298. The third kappa shape index (κ3) is 3.63. The Morgan fingerprint density at radius 3 is 2.59 bits per heavy atom. The first-order valence-corrected chi connectivity index (χ1v) is 9.55. The SMILES string of the molecule is O=C(c1cnc2ccccn2c1=O)N(CCc1ccccc1)C1CCCC1. The van der Waals surface area contributed by atoms with Crippen molar-refractivity contribution in [3.05, 3.63) is 82.4 Å². The van der Waals surface area contributed by atoms with Crippen LogP contribution in [0.4, 0.5) is 0 Å². The van der Waals surface area contributed by atoms with E-state index in [0.29, 0.717) is 12.2 Å². The molecular formula is C22H23N3O2. The number of rotatable bonds is 5. The van der Waals surface area contributed by atoms with Gasteiger partial charge in [-0.25, -0.2) is 4.98 Å². The Morgan fingerprint density at radius 1 is 1.07 bits per heavy atom. The molecule has 0 bridgehead atoms. The largest absolute Gasteiger partial charge is 0.335 e. The van der Waals surface area contributed by atoms with Crippen molar-refractivity contribution < 1.29 is 4.79 Å². The van der Waals surface area contributed by atoms with Crippen LogP contribution in [-0.4, -0.2) is 32.8 Å². The second-order valence-electron chi connectivity index (χ2n) is 7.08. The first-order valence-electron chi connectivity index (χ1n) is 9.55. The molecule has 1 amide bonds. The van der Waals surface area contributed by atoms with Gasteiger partial charge in [0.25, 0.3) is 11.5 Å². The number of carbonyl (C=O) groups is 1. The lowest BCUT2D eigenvalue weighted by Gasteiger charge is -2.29. The number of aromatic nitrogens is 2. The van der Waals surface area contributed by atoms with Crippen LogP contribution in [0.1, 0.15) is 41.6 Å². The molecule has 0 spiro atoms. The van der Waals surface area contributed by atoms with E-state index in [0.717, 1.165) is 32.1 Å². The number of amides is 1. The topological polar surface area (TPSA) is 54.7 Å². The smallest absolute Gasteiger partial charge is 0.270 e. The average molecular weight is 361 g/mol. The number of nitrogens with zero attached hydrogens (tertiary/aromatic N) is 3. The van der Waals surface area contributed by atoms with Crippen molar-refractivity contribution in [3.63, 3.8) is 0 Å². The molecule has 2 aromatic heterocycles. The van der Waals surface area contributed by atoms with Crippen LogP contribution in [0.15, 0.2) is 65.7 Å². The number of carbonyl (C=O) groups excluding carboxylic acids is 1. The highest BCUT2D eigenvalue weighted by molar-refractivity contribution is 5.94. The summed E-state index contributed by atoms with van der Waals surface area (Å²) in [6.45, 7) is 0.616. The van der Waals surface area contributed by atoms with Gasteiger partial charge in [0.15, 0.2) is 0 Å². The molecule has 1 saturated carbocycles. The van der Waals surface area contributed by atoms with Gasteiger partial charge < -0.3 is 4.90 Å². The van der Waals surface area contributed by atoms with Crippen molar-refractivity contribution in [2.24, 2.45) is 0 Å². The zero-order chi connectivity index (χ0) is 18.6. The summed E-state index contributed by atoms with van der Waals surface area (Å²) in [5.41, 5.74) is 1.60. The van der Waals surface area contributed by atoms with Crippen LogP contribution in [0, 0.1) is 0 Å². The van der Waals surface area contributed by atoms with Gasteiger partial charge in [0.2, 0.25) is 0 Å². The minimum Gasteiger partial charge on any atom is -0.335 e. The predicted octanol–water partition coefficient (Wildman–Crippen LogP) is 3.32. The van der Waals surface area contributed by atoms with Crippen molar-refractivity contribution >= 4 is 11.6 Å². The highest BCUT2D eigenvalue weighted by atomic mass is 16.2. The maximum absolute atomic E-state index is 13.3. The van der Waals surface area contributed by atoms with Gasteiger partial charge in [-0.2, -0.15) is 0 Å². The van der Waals surface area contributed by atoms with Crippen LogP contribution < -0.4 is 5.56 Å². The molecule has 0 saturated heterocycles. The predicted molar refractivity (Wildman–Crippen MR) is 105 cm³/mol. The summed E-state index contributed by atoms with van der Waals surface area (Å²) in [6.07, 6.45) is 8.15. The lowest BCUT2D eigenvalue weighted by atomic mass is 10.1. The van der Waals surface area contributed by atoms with Crippen LogP contribution in [0.2, 0.25) is 0 Å². The molecule has 1 aromatic carbocycles. The number of fused-ring (bicyclic) bond motifs is 1. The van der Waals surface area contributed by atoms with Crippen molar-refractivity contribution in [3.8, 4) is 0 Å². The first kappa shape index (κ1) is 17.5. The molecule has 0 aliphatic heterocycles. The highest BCUT2D eigenvalue weighted by Gasteiger charge is 2.29. The molecule has 1 fully saturated rings. The number of benzene rings is 1. The fraction of sp³-hybridized carbons (Fsp3) is 0.318. The molecule has 5 nitrogen and oxygen atoms in total. The summed E-state index contributed by atoms with van der Waals surface area (Å²) < 4.78 is 1.44. The van der Waals surface area contributed by atoms with Crippen molar-refractivity contribution in [1.29, 1.82) is 0 Å². The average Bonchev–Trinajstić information content (AvgIpc) is 3.24. The Morgan fingerprint density at radius 2 is 1.81 bits per heavy atom. The van der Waals surface area contributed by atoms with Gasteiger partial charge in [0.05, 0.1) is 0 Å².